The molecule has 112 valence electrons. The molecule has 0 spiro atoms. The maximum absolute atomic E-state index is 11.6. The van der Waals surface area contributed by atoms with E-state index in [2.05, 4.69) is 10.3 Å². The standard InChI is InChI=1S/C14H22N2O3S/c1-9(17)7-6-8-11-10(2)20-12(15-11)16-13(18)19-14(3,4)5/h6-8H2,1-5H3,(H,15,16,18). The molecule has 1 amide bonds. The van der Waals surface area contributed by atoms with Gasteiger partial charge in [-0.05, 0) is 47.5 Å². The van der Waals surface area contributed by atoms with Crippen LogP contribution < -0.4 is 5.32 Å². The Morgan fingerprint density at radius 1 is 1.35 bits per heavy atom. The summed E-state index contributed by atoms with van der Waals surface area (Å²) in [5.74, 6) is 0.185. The molecule has 20 heavy (non-hydrogen) atoms. The zero-order valence-corrected chi connectivity index (χ0v) is 13.5. The van der Waals surface area contributed by atoms with Crippen LogP contribution in [0.3, 0.4) is 0 Å². The minimum Gasteiger partial charge on any atom is -0.444 e. The lowest BCUT2D eigenvalue weighted by atomic mass is 10.1. The Hall–Kier alpha value is -1.43. The number of nitrogens with one attached hydrogen (secondary N) is 1. The lowest BCUT2D eigenvalue weighted by Gasteiger charge is -2.18. The normalized spacial score (nSPS) is 11.2. The molecule has 0 radical (unpaired) electrons. The van der Waals surface area contributed by atoms with Gasteiger partial charge in [0.15, 0.2) is 5.13 Å². The molecule has 0 aliphatic heterocycles. The fourth-order valence-corrected chi connectivity index (χ4v) is 2.45. The van der Waals surface area contributed by atoms with Gasteiger partial charge in [0.05, 0.1) is 5.69 Å². The van der Waals surface area contributed by atoms with Crippen molar-refractivity contribution in [3.8, 4) is 0 Å². The van der Waals surface area contributed by atoms with E-state index in [1.165, 1.54) is 11.3 Å². The molecule has 1 aromatic heterocycles. The van der Waals surface area contributed by atoms with Crippen molar-refractivity contribution in [3.05, 3.63) is 10.6 Å². The van der Waals surface area contributed by atoms with Crippen LogP contribution in [0.25, 0.3) is 0 Å². The molecule has 0 fully saturated rings. The topological polar surface area (TPSA) is 68.3 Å². The van der Waals surface area contributed by atoms with E-state index >= 15 is 0 Å². The predicted molar refractivity (Wildman–Crippen MR) is 80.3 cm³/mol. The Balaban J connectivity index is 2.56. The van der Waals surface area contributed by atoms with Crippen molar-refractivity contribution in [2.24, 2.45) is 0 Å². The Morgan fingerprint density at radius 2 is 2.00 bits per heavy atom. The van der Waals surface area contributed by atoms with Gasteiger partial charge in [-0.15, -0.1) is 11.3 Å². The first-order valence-electron chi connectivity index (χ1n) is 6.63. The molecule has 0 aromatic carbocycles. The zero-order chi connectivity index (χ0) is 15.3. The van der Waals surface area contributed by atoms with Crippen LogP contribution in [0.4, 0.5) is 9.93 Å². The Kier molecular flexibility index (Phi) is 5.68. The third-order valence-electron chi connectivity index (χ3n) is 2.44. The predicted octanol–water partition coefficient (Wildman–Crippen LogP) is 3.71. The number of ketones is 1. The van der Waals surface area contributed by atoms with Gasteiger partial charge in [-0.1, -0.05) is 0 Å². The first kappa shape index (κ1) is 16.6. The minimum atomic E-state index is -0.527. The number of ether oxygens (including phenoxy) is 1. The smallest absolute Gasteiger partial charge is 0.413 e. The molecule has 0 saturated carbocycles. The van der Waals surface area contributed by atoms with E-state index in [0.717, 1.165) is 23.4 Å². The van der Waals surface area contributed by atoms with E-state index in [4.69, 9.17) is 4.74 Å². The molecule has 0 bridgehead atoms. The number of aryl methyl sites for hydroxylation is 2. The maximum Gasteiger partial charge on any atom is 0.413 e. The fourth-order valence-electron chi connectivity index (χ4n) is 1.61. The highest BCUT2D eigenvalue weighted by atomic mass is 32.1. The number of rotatable bonds is 5. The summed E-state index contributed by atoms with van der Waals surface area (Å²) in [6.45, 7) is 8.98. The molecule has 1 heterocycles. The van der Waals surface area contributed by atoms with Gasteiger partial charge in [-0.2, -0.15) is 0 Å². The monoisotopic (exact) mass is 298 g/mol. The zero-order valence-electron chi connectivity index (χ0n) is 12.7. The van der Waals surface area contributed by atoms with Gasteiger partial charge in [-0.3, -0.25) is 5.32 Å². The molecule has 0 unspecified atom stereocenters. The molecule has 1 N–H and O–H groups in total. The number of anilines is 1. The van der Waals surface area contributed by atoms with Gasteiger partial charge in [0.2, 0.25) is 0 Å². The van der Waals surface area contributed by atoms with E-state index in [-0.39, 0.29) is 5.78 Å². The SMILES string of the molecule is CC(=O)CCCc1nc(NC(=O)OC(C)(C)C)sc1C. The van der Waals surface area contributed by atoms with Crippen molar-refractivity contribution in [1.82, 2.24) is 4.98 Å². The summed E-state index contributed by atoms with van der Waals surface area (Å²) in [7, 11) is 0. The van der Waals surface area contributed by atoms with Crippen molar-refractivity contribution < 1.29 is 14.3 Å². The summed E-state index contributed by atoms with van der Waals surface area (Å²) in [6, 6.07) is 0. The van der Waals surface area contributed by atoms with Crippen molar-refractivity contribution in [3.63, 3.8) is 0 Å². The van der Waals surface area contributed by atoms with Crippen molar-refractivity contribution in [2.45, 2.75) is 59.5 Å². The van der Waals surface area contributed by atoms with Crippen LogP contribution in [0.5, 0.6) is 0 Å². The quantitative estimate of drug-likeness (QED) is 0.899. The molecule has 0 atom stereocenters. The first-order chi connectivity index (χ1) is 9.17. The van der Waals surface area contributed by atoms with Gasteiger partial charge >= 0.3 is 6.09 Å². The van der Waals surface area contributed by atoms with Gasteiger partial charge in [0.1, 0.15) is 11.4 Å². The molecule has 6 heteroatoms. The largest absolute Gasteiger partial charge is 0.444 e. The third kappa shape index (κ3) is 6.14. The number of hydrogen-bond acceptors (Lipinski definition) is 5. The summed E-state index contributed by atoms with van der Waals surface area (Å²) in [6.07, 6.45) is 1.59. The highest BCUT2D eigenvalue weighted by molar-refractivity contribution is 7.15. The third-order valence-corrected chi connectivity index (χ3v) is 3.37. The number of carbonyl (C=O) groups excluding carboxylic acids is 2. The molecule has 5 nitrogen and oxygen atoms in total. The molecule has 0 aliphatic carbocycles. The van der Waals surface area contributed by atoms with Crippen LogP contribution in [0.2, 0.25) is 0 Å². The second-order valence-electron chi connectivity index (χ2n) is 5.70. The van der Waals surface area contributed by atoms with E-state index < -0.39 is 11.7 Å². The molecular weight excluding hydrogens is 276 g/mol. The summed E-state index contributed by atoms with van der Waals surface area (Å²) in [5, 5.41) is 3.17. The Bertz CT molecular complexity index is 489. The average molecular weight is 298 g/mol. The Morgan fingerprint density at radius 3 is 2.55 bits per heavy atom. The van der Waals surface area contributed by atoms with Crippen LogP contribution in [0.15, 0.2) is 0 Å². The number of carbonyl (C=O) groups is 2. The average Bonchev–Trinajstić information content (AvgIpc) is 2.55. The highest BCUT2D eigenvalue weighted by Gasteiger charge is 2.18. The molecule has 1 rings (SSSR count). The number of Topliss-reactive ketones (excluding diaryl/α,β-unsaturated/α-hetero) is 1. The molecule has 0 aliphatic rings. The van der Waals surface area contributed by atoms with Crippen molar-refractivity contribution in [2.75, 3.05) is 5.32 Å². The summed E-state index contributed by atoms with van der Waals surface area (Å²) in [4.78, 5) is 28.0. The van der Waals surface area contributed by atoms with Crippen LogP contribution in [0, 0.1) is 6.92 Å². The fraction of sp³-hybridized carbons (Fsp3) is 0.643. The number of aromatic nitrogens is 1. The van der Waals surface area contributed by atoms with E-state index in [1.807, 2.05) is 27.7 Å². The van der Waals surface area contributed by atoms with Gasteiger partial charge < -0.3 is 9.53 Å². The second-order valence-corrected chi connectivity index (χ2v) is 6.91. The lowest BCUT2D eigenvalue weighted by Crippen LogP contribution is -2.27. The lowest BCUT2D eigenvalue weighted by molar-refractivity contribution is -0.117. The first-order valence-corrected chi connectivity index (χ1v) is 7.45. The van der Waals surface area contributed by atoms with Gasteiger partial charge in [0.25, 0.3) is 0 Å². The number of thiazole rings is 1. The maximum atomic E-state index is 11.6. The summed E-state index contributed by atoms with van der Waals surface area (Å²) in [5.41, 5.74) is 0.406. The molecular formula is C14H22N2O3S. The van der Waals surface area contributed by atoms with E-state index in [1.54, 1.807) is 6.92 Å². The van der Waals surface area contributed by atoms with E-state index in [0.29, 0.717) is 11.6 Å². The van der Waals surface area contributed by atoms with E-state index in [9.17, 15) is 9.59 Å². The van der Waals surface area contributed by atoms with Crippen LogP contribution in [0.1, 0.15) is 51.1 Å². The minimum absolute atomic E-state index is 0.185. The number of nitrogens with zero attached hydrogens (tertiary/aromatic N) is 1. The molecule has 0 saturated heterocycles. The molecule has 1 aromatic rings. The Labute approximate surface area is 123 Å². The number of amides is 1. The second kappa shape index (κ2) is 6.83. The van der Waals surface area contributed by atoms with Gasteiger partial charge in [-0.25, -0.2) is 9.78 Å². The van der Waals surface area contributed by atoms with Crippen molar-refractivity contribution in [1.29, 1.82) is 0 Å². The van der Waals surface area contributed by atoms with Crippen LogP contribution in [-0.2, 0) is 16.0 Å². The van der Waals surface area contributed by atoms with Crippen molar-refractivity contribution >= 4 is 28.3 Å². The highest BCUT2D eigenvalue weighted by Crippen LogP contribution is 2.24. The summed E-state index contributed by atoms with van der Waals surface area (Å²) < 4.78 is 5.18. The van der Waals surface area contributed by atoms with Gasteiger partial charge in [0, 0.05) is 11.3 Å². The number of hydrogen-bond donors (Lipinski definition) is 1. The van der Waals surface area contributed by atoms with Crippen LogP contribution >= 0.6 is 11.3 Å². The van der Waals surface area contributed by atoms with Crippen LogP contribution in [-0.4, -0.2) is 22.5 Å². The summed E-state index contributed by atoms with van der Waals surface area (Å²) >= 11 is 1.42.